The summed E-state index contributed by atoms with van der Waals surface area (Å²) in [5.41, 5.74) is 1.02. The van der Waals surface area contributed by atoms with Crippen LogP contribution in [0.2, 0.25) is 0 Å². The number of carbonyl (C=O) groups excluding carboxylic acids is 1. The highest BCUT2D eigenvalue weighted by atomic mass is 32.2. The molecule has 21 heavy (non-hydrogen) atoms. The van der Waals surface area contributed by atoms with E-state index in [0.29, 0.717) is 6.42 Å². The molecule has 1 fully saturated rings. The van der Waals surface area contributed by atoms with Crippen LogP contribution in [0.15, 0.2) is 34.2 Å². The highest BCUT2D eigenvalue weighted by Gasteiger charge is 2.30. The van der Waals surface area contributed by atoms with Gasteiger partial charge in [-0.15, -0.1) is 11.8 Å². The molecule has 0 amide bonds. The summed E-state index contributed by atoms with van der Waals surface area (Å²) >= 11 is 1.73. The Balaban J connectivity index is 1.89. The van der Waals surface area contributed by atoms with Gasteiger partial charge in [0.2, 0.25) is 0 Å². The summed E-state index contributed by atoms with van der Waals surface area (Å²) in [4.78, 5) is 20.1. The average molecular weight is 304 g/mol. The van der Waals surface area contributed by atoms with Crippen molar-refractivity contribution in [3.8, 4) is 0 Å². The van der Waals surface area contributed by atoms with E-state index in [4.69, 9.17) is 9.73 Å². The van der Waals surface area contributed by atoms with Gasteiger partial charge < -0.3 is 9.64 Å². The molecule has 5 heteroatoms. The van der Waals surface area contributed by atoms with E-state index in [1.807, 2.05) is 18.2 Å². The van der Waals surface area contributed by atoms with Crippen LogP contribution in [-0.4, -0.2) is 42.2 Å². The number of benzene rings is 1. The minimum Gasteiger partial charge on any atom is -0.469 e. The zero-order valence-corrected chi connectivity index (χ0v) is 13.1. The Bertz CT molecular complexity index is 553. The topological polar surface area (TPSA) is 41.9 Å². The first-order chi connectivity index (χ1) is 10.3. The van der Waals surface area contributed by atoms with Crippen molar-refractivity contribution in [1.29, 1.82) is 0 Å². The van der Waals surface area contributed by atoms with Gasteiger partial charge >= 0.3 is 5.97 Å². The zero-order chi connectivity index (χ0) is 14.7. The van der Waals surface area contributed by atoms with Gasteiger partial charge in [-0.05, 0) is 31.4 Å². The van der Waals surface area contributed by atoms with Crippen molar-refractivity contribution >= 4 is 29.3 Å². The van der Waals surface area contributed by atoms with E-state index in [1.165, 1.54) is 26.4 Å². The molecule has 0 spiro atoms. The second-order valence-corrected chi connectivity index (χ2v) is 6.62. The molecular weight excluding hydrogens is 284 g/mol. The summed E-state index contributed by atoms with van der Waals surface area (Å²) < 4.78 is 4.85. The predicted octanol–water partition coefficient (Wildman–Crippen LogP) is 3.24. The Morgan fingerprint density at radius 1 is 1.33 bits per heavy atom. The third kappa shape index (κ3) is 3.23. The molecule has 1 unspecified atom stereocenters. The lowest BCUT2D eigenvalue weighted by Crippen LogP contribution is -2.42. The van der Waals surface area contributed by atoms with Gasteiger partial charge in [-0.2, -0.15) is 0 Å². The van der Waals surface area contributed by atoms with Gasteiger partial charge in [-0.1, -0.05) is 12.1 Å². The number of aliphatic imine (C=N–C) groups is 1. The van der Waals surface area contributed by atoms with Crippen LogP contribution in [0.3, 0.4) is 0 Å². The van der Waals surface area contributed by atoms with Crippen molar-refractivity contribution < 1.29 is 9.53 Å². The van der Waals surface area contributed by atoms with E-state index in [0.717, 1.165) is 29.5 Å². The van der Waals surface area contributed by atoms with Gasteiger partial charge in [0.05, 0.1) is 24.5 Å². The number of para-hydroxylation sites is 1. The van der Waals surface area contributed by atoms with E-state index in [9.17, 15) is 4.79 Å². The fraction of sp³-hybridized carbons (Fsp3) is 0.500. The Labute approximate surface area is 129 Å². The molecular formula is C16H20N2O2S. The van der Waals surface area contributed by atoms with Crippen LogP contribution in [0.4, 0.5) is 5.69 Å². The number of carbonyl (C=O) groups is 1. The molecule has 0 N–H and O–H groups in total. The number of piperidine rings is 1. The highest BCUT2D eigenvalue weighted by Crippen LogP contribution is 2.40. The molecule has 1 aromatic rings. The summed E-state index contributed by atoms with van der Waals surface area (Å²) in [7, 11) is 1.45. The fourth-order valence-electron chi connectivity index (χ4n) is 2.82. The van der Waals surface area contributed by atoms with Gasteiger partial charge in [0.25, 0.3) is 0 Å². The van der Waals surface area contributed by atoms with Crippen LogP contribution in [-0.2, 0) is 9.53 Å². The lowest BCUT2D eigenvalue weighted by Gasteiger charge is -2.35. The Kier molecular flexibility index (Phi) is 4.48. The predicted molar refractivity (Wildman–Crippen MR) is 85.2 cm³/mol. The fourth-order valence-corrected chi connectivity index (χ4v) is 4.04. The molecule has 0 saturated carbocycles. The molecule has 0 aromatic heterocycles. The van der Waals surface area contributed by atoms with Crippen LogP contribution in [0.5, 0.6) is 0 Å². The van der Waals surface area contributed by atoms with Crippen LogP contribution in [0.25, 0.3) is 0 Å². The highest BCUT2D eigenvalue weighted by molar-refractivity contribution is 8.00. The summed E-state index contributed by atoms with van der Waals surface area (Å²) in [6, 6.07) is 8.14. The standard InChI is InChI=1S/C16H20N2O2S/c1-20-15(19)11-14-16(18-9-5-2-6-10-18)17-12-7-3-4-8-13(12)21-14/h3-4,7-8,14H,2,5-6,9-11H2,1H3. The summed E-state index contributed by atoms with van der Waals surface area (Å²) in [6.07, 6.45) is 4.08. The molecule has 1 atom stereocenters. The molecule has 2 aliphatic rings. The van der Waals surface area contributed by atoms with Crippen molar-refractivity contribution in [2.45, 2.75) is 35.8 Å². The van der Waals surface area contributed by atoms with E-state index in [1.54, 1.807) is 11.8 Å². The monoisotopic (exact) mass is 304 g/mol. The molecule has 2 aliphatic heterocycles. The number of esters is 1. The Hall–Kier alpha value is -1.49. The van der Waals surface area contributed by atoms with Crippen molar-refractivity contribution in [3.63, 3.8) is 0 Å². The first kappa shape index (κ1) is 14.4. The Morgan fingerprint density at radius 3 is 2.86 bits per heavy atom. The minimum absolute atomic E-state index is 0.0606. The molecule has 4 nitrogen and oxygen atoms in total. The van der Waals surface area contributed by atoms with Crippen LogP contribution >= 0.6 is 11.8 Å². The third-order valence-corrected chi connectivity index (χ3v) is 5.18. The molecule has 112 valence electrons. The smallest absolute Gasteiger partial charge is 0.307 e. The van der Waals surface area contributed by atoms with Crippen LogP contribution < -0.4 is 0 Å². The van der Waals surface area contributed by atoms with Crippen molar-refractivity contribution in [1.82, 2.24) is 4.90 Å². The van der Waals surface area contributed by atoms with E-state index in [2.05, 4.69) is 11.0 Å². The SMILES string of the molecule is COC(=O)CC1Sc2ccccc2N=C1N1CCCCC1. The number of thioether (sulfide) groups is 1. The summed E-state index contributed by atoms with van der Waals surface area (Å²) in [6.45, 7) is 2.08. The number of nitrogens with zero attached hydrogens (tertiary/aromatic N) is 2. The number of methoxy groups -OCH3 is 1. The number of fused-ring (bicyclic) bond motifs is 1. The largest absolute Gasteiger partial charge is 0.469 e. The second-order valence-electron chi connectivity index (χ2n) is 5.37. The first-order valence-corrected chi connectivity index (χ1v) is 8.32. The lowest BCUT2D eigenvalue weighted by molar-refractivity contribution is -0.140. The van der Waals surface area contributed by atoms with Gasteiger partial charge in [0.15, 0.2) is 0 Å². The maximum atomic E-state index is 11.7. The van der Waals surface area contributed by atoms with Crippen LogP contribution in [0.1, 0.15) is 25.7 Å². The van der Waals surface area contributed by atoms with Crippen LogP contribution in [0, 0.1) is 0 Å². The summed E-state index contributed by atoms with van der Waals surface area (Å²) in [5, 5.41) is 0.0606. The molecule has 0 aliphatic carbocycles. The molecule has 1 aromatic carbocycles. The number of likely N-dealkylation sites (tertiary alicyclic amines) is 1. The van der Waals surface area contributed by atoms with Gasteiger partial charge in [-0.3, -0.25) is 4.79 Å². The number of hydrogen-bond acceptors (Lipinski definition) is 5. The number of ether oxygens (including phenoxy) is 1. The molecule has 3 rings (SSSR count). The molecule has 1 saturated heterocycles. The van der Waals surface area contributed by atoms with Gasteiger partial charge in [0.1, 0.15) is 5.84 Å². The zero-order valence-electron chi connectivity index (χ0n) is 12.2. The Morgan fingerprint density at radius 2 is 2.10 bits per heavy atom. The molecule has 2 heterocycles. The summed E-state index contributed by atoms with van der Waals surface area (Å²) in [5.74, 6) is 0.875. The number of hydrogen-bond donors (Lipinski definition) is 0. The van der Waals surface area contributed by atoms with E-state index >= 15 is 0 Å². The quantitative estimate of drug-likeness (QED) is 0.787. The number of amidine groups is 1. The lowest BCUT2D eigenvalue weighted by atomic mass is 10.1. The minimum atomic E-state index is -0.170. The third-order valence-electron chi connectivity index (χ3n) is 3.92. The van der Waals surface area contributed by atoms with Crippen molar-refractivity contribution in [2.75, 3.05) is 20.2 Å². The van der Waals surface area contributed by atoms with Crippen molar-refractivity contribution in [2.24, 2.45) is 4.99 Å². The van der Waals surface area contributed by atoms with E-state index < -0.39 is 0 Å². The normalized spacial score (nSPS) is 21.5. The van der Waals surface area contributed by atoms with E-state index in [-0.39, 0.29) is 11.2 Å². The van der Waals surface area contributed by atoms with Gasteiger partial charge in [-0.25, -0.2) is 4.99 Å². The molecule has 0 bridgehead atoms. The second kappa shape index (κ2) is 6.52. The average Bonchev–Trinajstić information content (AvgIpc) is 2.55. The number of rotatable bonds is 2. The maximum absolute atomic E-state index is 11.7. The molecule has 0 radical (unpaired) electrons. The first-order valence-electron chi connectivity index (χ1n) is 7.44. The van der Waals surface area contributed by atoms with Crippen molar-refractivity contribution in [3.05, 3.63) is 24.3 Å². The maximum Gasteiger partial charge on any atom is 0.307 e. The van der Waals surface area contributed by atoms with Gasteiger partial charge in [0, 0.05) is 18.0 Å².